The molecule has 1 aromatic rings. The van der Waals surface area contributed by atoms with Crippen LogP contribution in [0.1, 0.15) is 10.5 Å². The van der Waals surface area contributed by atoms with Gasteiger partial charge in [0, 0.05) is 32.7 Å². The normalized spacial score (nSPS) is 16.6. The van der Waals surface area contributed by atoms with Gasteiger partial charge in [-0.15, -0.1) is 5.10 Å². The summed E-state index contributed by atoms with van der Waals surface area (Å²) >= 11 is 0. The molecule has 1 fully saturated rings. The van der Waals surface area contributed by atoms with E-state index in [0.29, 0.717) is 6.54 Å². The van der Waals surface area contributed by atoms with Crippen molar-refractivity contribution in [2.24, 2.45) is 0 Å². The Hall–Kier alpha value is -1.51. The minimum absolute atomic E-state index is 0.0201. The Morgan fingerprint density at radius 2 is 2.11 bits per heavy atom. The van der Waals surface area contributed by atoms with Gasteiger partial charge in [0.2, 0.25) is 0 Å². The third kappa shape index (κ3) is 4.58. The smallest absolute Gasteiger partial charge is 0.358 e. The molecule has 1 saturated heterocycles. The standard InChI is InChI=1S/C11H19N5O3/c17-11(18)10-9-16(14-13-10)4-2-12-1-3-15-5-7-19-8-6-15/h9,12H,1-8H2,(H,17,18). The van der Waals surface area contributed by atoms with Crippen LogP contribution in [-0.4, -0.2) is 76.9 Å². The molecular weight excluding hydrogens is 250 g/mol. The van der Waals surface area contributed by atoms with Crippen molar-refractivity contribution in [3.05, 3.63) is 11.9 Å². The molecule has 0 saturated carbocycles. The Kier molecular flexibility index (Phi) is 5.25. The lowest BCUT2D eigenvalue weighted by Gasteiger charge is -2.26. The van der Waals surface area contributed by atoms with Crippen LogP contribution in [-0.2, 0) is 11.3 Å². The largest absolute Gasteiger partial charge is 0.476 e. The summed E-state index contributed by atoms with van der Waals surface area (Å²) in [5.41, 5.74) is -0.0201. The van der Waals surface area contributed by atoms with Crippen LogP contribution >= 0.6 is 0 Å². The summed E-state index contributed by atoms with van der Waals surface area (Å²) in [4.78, 5) is 13.0. The number of aromatic carboxylic acids is 1. The molecule has 0 unspecified atom stereocenters. The Balaban J connectivity index is 1.57. The average molecular weight is 269 g/mol. The lowest BCUT2D eigenvalue weighted by atomic mass is 10.4. The maximum absolute atomic E-state index is 10.6. The molecule has 8 heteroatoms. The lowest BCUT2D eigenvalue weighted by molar-refractivity contribution is 0.0384. The molecule has 1 aliphatic heterocycles. The van der Waals surface area contributed by atoms with E-state index in [1.54, 1.807) is 0 Å². The maximum atomic E-state index is 10.6. The minimum Gasteiger partial charge on any atom is -0.476 e. The van der Waals surface area contributed by atoms with Gasteiger partial charge < -0.3 is 15.2 Å². The number of carboxylic acids is 1. The Labute approximate surface area is 111 Å². The molecule has 1 aromatic heterocycles. The predicted octanol–water partition coefficient (Wildman–Crippen LogP) is -1.10. The van der Waals surface area contributed by atoms with E-state index in [0.717, 1.165) is 45.9 Å². The van der Waals surface area contributed by atoms with Gasteiger partial charge in [-0.1, -0.05) is 5.21 Å². The summed E-state index contributed by atoms with van der Waals surface area (Å²) in [5.74, 6) is -1.05. The van der Waals surface area contributed by atoms with Gasteiger partial charge in [0.1, 0.15) is 0 Å². The molecule has 1 aliphatic rings. The van der Waals surface area contributed by atoms with Gasteiger partial charge in [0.25, 0.3) is 0 Å². The van der Waals surface area contributed by atoms with Crippen LogP contribution in [0.3, 0.4) is 0 Å². The second-order valence-corrected chi connectivity index (χ2v) is 4.38. The third-order valence-electron chi connectivity index (χ3n) is 2.98. The number of carbonyl (C=O) groups is 1. The molecule has 0 radical (unpaired) electrons. The highest BCUT2D eigenvalue weighted by molar-refractivity contribution is 5.84. The summed E-state index contributed by atoms with van der Waals surface area (Å²) in [5, 5.41) is 19.3. The molecule has 106 valence electrons. The first-order valence-corrected chi connectivity index (χ1v) is 6.40. The van der Waals surface area contributed by atoms with Crippen LogP contribution in [0, 0.1) is 0 Å². The number of morpholine rings is 1. The highest BCUT2D eigenvalue weighted by Gasteiger charge is 2.09. The number of ether oxygens (including phenoxy) is 1. The summed E-state index contributed by atoms with van der Waals surface area (Å²) < 4.78 is 6.81. The van der Waals surface area contributed by atoms with Gasteiger partial charge in [-0.2, -0.15) is 0 Å². The summed E-state index contributed by atoms with van der Waals surface area (Å²) in [6.07, 6.45) is 1.44. The molecule has 2 heterocycles. The van der Waals surface area contributed by atoms with Gasteiger partial charge >= 0.3 is 5.97 Å². The van der Waals surface area contributed by atoms with Crippen molar-refractivity contribution in [1.29, 1.82) is 0 Å². The summed E-state index contributed by atoms with van der Waals surface area (Å²) in [6.45, 7) is 6.88. The van der Waals surface area contributed by atoms with Crippen molar-refractivity contribution < 1.29 is 14.6 Å². The number of aromatic nitrogens is 3. The van der Waals surface area contributed by atoms with Gasteiger partial charge in [-0.25, -0.2) is 4.79 Å². The van der Waals surface area contributed by atoms with Gasteiger partial charge in [0.05, 0.1) is 26.0 Å². The fraction of sp³-hybridized carbons (Fsp3) is 0.727. The van der Waals surface area contributed by atoms with E-state index in [9.17, 15) is 4.79 Å². The zero-order chi connectivity index (χ0) is 13.5. The van der Waals surface area contributed by atoms with Crippen molar-refractivity contribution in [1.82, 2.24) is 25.2 Å². The Bertz CT molecular complexity index is 403. The van der Waals surface area contributed by atoms with Crippen molar-refractivity contribution >= 4 is 5.97 Å². The molecule has 0 aromatic carbocycles. The van der Waals surface area contributed by atoms with Crippen molar-refractivity contribution in [2.75, 3.05) is 45.9 Å². The third-order valence-corrected chi connectivity index (χ3v) is 2.98. The Morgan fingerprint density at radius 3 is 2.79 bits per heavy atom. The predicted molar refractivity (Wildman–Crippen MR) is 67.1 cm³/mol. The number of hydrogen-bond acceptors (Lipinski definition) is 6. The number of nitrogens with zero attached hydrogens (tertiary/aromatic N) is 4. The van der Waals surface area contributed by atoms with Crippen LogP contribution < -0.4 is 5.32 Å². The molecule has 0 amide bonds. The van der Waals surface area contributed by atoms with E-state index in [1.807, 2.05) is 0 Å². The molecule has 8 nitrogen and oxygen atoms in total. The zero-order valence-electron chi connectivity index (χ0n) is 10.8. The van der Waals surface area contributed by atoms with Crippen LogP contribution in [0.2, 0.25) is 0 Å². The number of carboxylic acid groups (broad SMARTS) is 1. The van der Waals surface area contributed by atoms with Crippen LogP contribution in [0.5, 0.6) is 0 Å². The van der Waals surface area contributed by atoms with Gasteiger partial charge in [-0.3, -0.25) is 9.58 Å². The highest BCUT2D eigenvalue weighted by Crippen LogP contribution is 1.95. The minimum atomic E-state index is -1.05. The molecule has 0 atom stereocenters. The molecule has 0 aliphatic carbocycles. The summed E-state index contributed by atoms with van der Waals surface area (Å²) in [6, 6.07) is 0. The fourth-order valence-corrected chi connectivity index (χ4v) is 1.89. The monoisotopic (exact) mass is 269 g/mol. The first kappa shape index (κ1) is 13.9. The van der Waals surface area contributed by atoms with Gasteiger partial charge in [0.15, 0.2) is 5.69 Å². The average Bonchev–Trinajstić information content (AvgIpc) is 2.89. The topological polar surface area (TPSA) is 92.5 Å². The van der Waals surface area contributed by atoms with E-state index in [2.05, 4.69) is 20.5 Å². The van der Waals surface area contributed by atoms with Crippen molar-refractivity contribution in [3.63, 3.8) is 0 Å². The molecule has 2 N–H and O–H groups in total. The molecular formula is C11H19N5O3. The van der Waals surface area contributed by atoms with Crippen LogP contribution in [0.25, 0.3) is 0 Å². The van der Waals surface area contributed by atoms with E-state index in [-0.39, 0.29) is 5.69 Å². The molecule has 0 bridgehead atoms. The highest BCUT2D eigenvalue weighted by atomic mass is 16.5. The van der Waals surface area contributed by atoms with Crippen LogP contribution in [0.4, 0.5) is 0 Å². The lowest BCUT2D eigenvalue weighted by Crippen LogP contribution is -2.40. The molecule has 2 rings (SSSR count). The Morgan fingerprint density at radius 1 is 1.37 bits per heavy atom. The first-order valence-electron chi connectivity index (χ1n) is 6.40. The second-order valence-electron chi connectivity index (χ2n) is 4.38. The number of rotatable bonds is 7. The summed E-state index contributed by atoms with van der Waals surface area (Å²) in [7, 11) is 0. The van der Waals surface area contributed by atoms with E-state index < -0.39 is 5.97 Å². The van der Waals surface area contributed by atoms with Crippen molar-refractivity contribution in [2.45, 2.75) is 6.54 Å². The fourth-order valence-electron chi connectivity index (χ4n) is 1.89. The van der Waals surface area contributed by atoms with Crippen LogP contribution in [0.15, 0.2) is 6.20 Å². The zero-order valence-corrected chi connectivity index (χ0v) is 10.8. The quantitative estimate of drug-likeness (QED) is 0.607. The first-order chi connectivity index (χ1) is 9.25. The SMILES string of the molecule is O=C(O)c1cn(CCNCCN2CCOCC2)nn1. The second kappa shape index (κ2) is 7.17. The number of hydrogen-bond donors (Lipinski definition) is 2. The van der Waals surface area contributed by atoms with E-state index >= 15 is 0 Å². The molecule has 0 spiro atoms. The van der Waals surface area contributed by atoms with Crippen molar-refractivity contribution in [3.8, 4) is 0 Å². The maximum Gasteiger partial charge on any atom is 0.358 e. The van der Waals surface area contributed by atoms with E-state index in [1.165, 1.54) is 10.9 Å². The number of nitrogens with one attached hydrogen (secondary N) is 1. The van der Waals surface area contributed by atoms with E-state index in [4.69, 9.17) is 9.84 Å². The van der Waals surface area contributed by atoms with Gasteiger partial charge in [-0.05, 0) is 0 Å². The molecule has 19 heavy (non-hydrogen) atoms.